The molecule has 4 nitrogen and oxygen atoms in total. The lowest BCUT2D eigenvalue weighted by Gasteiger charge is -2.31. The van der Waals surface area contributed by atoms with Crippen molar-refractivity contribution in [2.75, 3.05) is 18.0 Å². The fourth-order valence-corrected chi connectivity index (χ4v) is 2.60. The summed E-state index contributed by atoms with van der Waals surface area (Å²) >= 11 is 0. The van der Waals surface area contributed by atoms with Crippen LogP contribution in [0.2, 0.25) is 0 Å². The number of aliphatic hydroxyl groups excluding tert-OH is 1. The number of fused-ring (bicyclic) bond motifs is 1. The molecule has 2 heterocycles. The third kappa shape index (κ3) is 1.93. The molecule has 0 spiro atoms. The molecule has 2 aromatic rings. The van der Waals surface area contributed by atoms with Gasteiger partial charge in [-0.05, 0) is 19.8 Å². The minimum atomic E-state index is -0.249. The molecule has 0 amide bonds. The van der Waals surface area contributed by atoms with E-state index < -0.39 is 0 Å². The topological polar surface area (TPSA) is 49.2 Å². The van der Waals surface area contributed by atoms with Crippen molar-refractivity contribution in [3.63, 3.8) is 0 Å². The molecule has 94 valence electrons. The minimum absolute atomic E-state index is 0.249. The highest BCUT2D eigenvalue weighted by atomic mass is 16.3. The highest BCUT2D eigenvalue weighted by Gasteiger charge is 2.21. The van der Waals surface area contributed by atoms with E-state index in [1.54, 1.807) is 0 Å². The fraction of sp³-hybridized carbons (Fsp3) is 0.429. The van der Waals surface area contributed by atoms with Gasteiger partial charge >= 0.3 is 0 Å². The van der Waals surface area contributed by atoms with Crippen molar-refractivity contribution in [1.29, 1.82) is 0 Å². The number of piperidine rings is 1. The Morgan fingerprint density at radius 1 is 1.22 bits per heavy atom. The van der Waals surface area contributed by atoms with E-state index in [9.17, 15) is 5.11 Å². The fourth-order valence-electron chi connectivity index (χ4n) is 2.60. The SMILES string of the molecule is Cc1nnc(N2CCC[C@H](O)C2)c2ccccc12. The average Bonchev–Trinajstić information content (AvgIpc) is 2.39. The van der Waals surface area contributed by atoms with Gasteiger partial charge in [0.15, 0.2) is 5.82 Å². The van der Waals surface area contributed by atoms with Crippen LogP contribution in [0, 0.1) is 6.92 Å². The molecular weight excluding hydrogens is 226 g/mol. The molecule has 0 radical (unpaired) electrons. The first-order valence-corrected chi connectivity index (χ1v) is 6.41. The standard InChI is InChI=1S/C14H17N3O/c1-10-12-6-2-3-7-13(12)14(16-15-10)17-8-4-5-11(18)9-17/h2-3,6-7,11,18H,4-5,8-9H2,1H3/t11-/m0/s1. The molecule has 0 saturated carbocycles. The Hall–Kier alpha value is -1.68. The second-order valence-electron chi connectivity index (χ2n) is 4.90. The molecule has 1 aromatic heterocycles. The van der Waals surface area contributed by atoms with Crippen molar-refractivity contribution in [3.05, 3.63) is 30.0 Å². The molecule has 1 aromatic carbocycles. The molecule has 4 heteroatoms. The number of hydrogen-bond donors (Lipinski definition) is 1. The number of aryl methyl sites for hydroxylation is 1. The van der Waals surface area contributed by atoms with Crippen LogP contribution in [0.25, 0.3) is 10.8 Å². The summed E-state index contributed by atoms with van der Waals surface area (Å²) in [6.07, 6.45) is 1.64. The smallest absolute Gasteiger partial charge is 0.159 e. The first-order chi connectivity index (χ1) is 8.75. The summed E-state index contributed by atoms with van der Waals surface area (Å²) in [4.78, 5) is 2.14. The second-order valence-corrected chi connectivity index (χ2v) is 4.90. The van der Waals surface area contributed by atoms with Gasteiger partial charge in [-0.3, -0.25) is 0 Å². The molecule has 18 heavy (non-hydrogen) atoms. The van der Waals surface area contributed by atoms with Gasteiger partial charge in [-0.2, -0.15) is 5.10 Å². The largest absolute Gasteiger partial charge is 0.391 e. The highest BCUT2D eigenvalue weighted by molar-refractivity contribution is 5.93. The number of benzene rings is 1. The van der Waals surface area contributed by atoms with E-state index in [1.807, 2.05) is 19.1 Å². The van der Waals surface area contributed by atoms with Crippen LogP contribution in [0.15, 0.2) is 24.3 Å². The Balaban J connectivity index is 2.09. The molecule has 1 atom stereocenters. The first-order valence-electron chi connectivity index (χ1n) is 6.41. The van der Waals surface area contributed by atoms with Gasteiger partial charge in [0.1, 0.15) is 0 Å². The molecule has 0 bridgehead atoms. The van der Waals surface area contributed by atoms with Gasteiger partial charge in [-0.1, -0.05) is 24.3 Å². The Labute approximate surface area is 106 Å². The molecule has 1 aliphatic heterocycles. The summed E-state index contributed by atoms with van der Waals surface area (Å²) in [6.45, 7) is 3.57. The maximum atomic E-state index is 9.78. The van der Waals surface area contributed by atoms with Crippen molar-refractivity contribution in [3.8, 4) is 0 Å². The predicted molar refractivity (Wildman–Crippen MR) is 71.7 cm³/mol. The molecule has 0 unspecified atom stereocenters. The molecule has 3 rings (SSSR count). The minimum Gasteiger partial charge on any atom is -0.391 e. The lowest BCUT2D eigenvalue weighted by molar-refractivity contribution is 0.154. The van der Waals surface area contributed by atoms with Crippen LogP contribution in [-0.2, 0) is 0 Å². The monoisotopic (exact) mass is 243 g/mol. The zero-order valence-corrected chi connectivity index (χ0v) is 10.5. The van der Waals surface area contributed by atoms with E-state index in [1.165, 1.54) is 0 Å². The van der Waals surface area contributed by atoms with E-state index >= 15 is 0 Å². The lowest BCUT2D eigenvalue weighted by Crippen LogP contribution is -2.39. The Morgan fingerprint density at radius 3 is 2.78 bits per heavy atom. The van der Waals surface area contributed by atoms with Gasteiger partial charge in [0.25, 0.3) is 0 Å². The van der Waals surface area contributed by atoms with E-state index in [4.69, 9.17) is 0 Å². The summed E-state index contributed by atoms with van der Waals surface area (Å²) in [7, 11) is 0. The van der Waals surface area contributed by atoms with Crippen molar-refractivity contribution < 1.29 is 5.11 Å². The molecule has 1 aliphatic rings. The third-order valence-electron chi connectivity index (χ3n) is 3.55. The van der Waals surface area contributed by atoms with Gasteiger partial charge < -0.3 is 10.0 Å². The van der Waals surface area contributed by atoms with E-state index in [0.29, 0.717) is 6.54 Å². The summed E-state index contributed by atoms with van der Waals surface area (Å²) < 4.78 is 0. The Bertz CT molecular complexity index is 570. The number of aromatic nitrogens is 2. The van der Waals surface area contributed by atoms with Gasteiger partial charge in [0, 0.05) is 23.9 Å². The van der Waals surface area contributed by atoms with Crippen LogP contribution in [0.3, 0.4) is 0 Å². The normalized spacial score (nSPS) is 20.3. The van der Waals surface area contributed by atoms with Crippen molar-refractivity contribution >= 4 is 16.6 Å². The predicted octanol–water partition coefficient (Wildman–Crippen LogP) is 1.90. The zero-order chi connectivity index (χ0) is 12.5. The van der Waals surface area contributed by atoms with Crippen molar-refractivity contribution in [2.45, 2.75) is 25.9 Å². The lowest BCUT2D eigenvalue weighted by atomic mass is 10.1. The van der Waals surface area contributed by atoms with Crippen LogP contribution in [-0.4, -0.2) is 34.5 Å². The maximum Gasteiger partial charge on any atom is 0.159 e. The number of anilines is 1. The molecule has 1 N–H and O–H groups in total. The van der Waals surface area contributed by atoms with Gasteiger partial charge in [-0.25, -0.2) is 0 Å². The number of hydrogen-bond acceptors (Lipinski definition) is 4. The maximum absolute atomic E-state index is 9.78. The highest BCUT2D eigenvalue weighted by Crippen LogP contribution is 2.27. The summed E-state index contributed by atoms with van der Waals surface area (Å²) in [5, 5.41) is 20.6. The van der Waals surface area contributed by atoms with Crippen molar-refractivity contribution in [2.24, 2.45) is 0 Å². The average molecular weight is 243 g/mol. The molecule has 1 fully saturated rings. The molecule has 0 aliphatic carbocycles. The number of nitrogens with zero attached hydrogens (tertiary/aromatic N) is 3. The first kappa shape index (κ1) is 11.4. The van der Waals surface area contributed by atoms with Crippen molar-refractivity contribution in [1.82, 2.24) is 10.2 Å². The number of rotatable bonds is 1. The summed E-state index contributed by atoms with van der Waals surface area (Å²) in [5.74, 6) is 0.898. The Kier molecular flexibility index (Phi) is 2.88. The van der Waals surface area contributed by atoms with Crippen LogP contribution in [0.1, 0.15) is 18.5 Å². The van der Waals surface area contributed by atoms with Crippen LogP contribution in [0.5, 0.6) is 0 Å². The van der Waals surface area contributed by atoms with E-state index in [2.05, 4.69) is 27.2 Å². The quantitative estimate of drug-likeness (QED) is 0.831. The molecule has 1 saturated heterocycles. The number of β-amino-alcohol motifs (C(OH)–C–C–N with tert-alkyl or cyclic N) is 1. The van der Waals surface area contributed by atoms with Gasteiger partial charge in [-0.15, -0.1) is 5.10 Å². The van der Waals surface area contributed by atoms with Crippen LogP contribution < -0.4 is 4.90 Å². The van der Waals surface area contributed by atoms with Gasteiger partial charge in [0.2, 0.25) is 0 Å². The van der Waals surface area contributed by atoms with Crippen LogP contribution >= 0.6 is 0 Å². The summed E-state index contributed by atoms with van der Waals surface area (Å²) in [5.41, 5.74) is 0.951. The summed E-state index contributed by atoms with van der Waals surface area (Å²) in [6, 6.07) is 8.19. The number of aliphatic hydroxyl groups is 1. The van der Waals surface area contributed by atoms with Gasteiger partial charge in [0.05, 0.1) is 11.8 Å². The van der Waals surface area contributed by atoms with E-state index in [0.717, 1.165) is 41.7 Å². The second kappa shape index (κ2) is 4.53. The molecular formula is C14H17N3O. The Morgan fingerprint density at radius 2 is 2.00 bits per heavy atom. The zero-order valence-electron chi connectivity index (χ0n) is 10.5. The van der Waals surface area contributed by atoms with Crippen LogP contribution in [0.4, 0.5) is 5.82 Å². The van der Waals surface area contributed by atoms with E-state index in [-0.39, 0.29) is 6.10 Å². The third-order valence-corrected chi connectivity index (χ3v) is 3.55.